The molecule has 104 valence electrons. The van der Waals surface area contributed by atoms with E-state index in [2.05, 4.69) is 9.98 Å². The first-order valence-electron chi connectivity index (χ1n) is 6.19. The third kappa shape index (κ3) is 2.84. The smallest absolute Gasteiger partial charge is 0.0958 e. The fourth-order valence-corrected chi connectivity index (χ4v) is 2.52. The summed E-state index contributed by atoms with van der Waals surface area (Å²) in [5, 5.41) is 13.4. The van der Waals surface area contributed by atoms with Gasteiger partial charge in [-0.2, -0.15) is 0 Å². The van der Waals surface area contributed by atoms with Crippen LogP contribution in [0.2, 0.25) is 10.0 Å². The second kappa shape index (κ2) is 5.72. The summed E-state index contributed by atoms with van der Waals surface area (Å²) in [4.78, 5) is 8.65. The molecule has 21 heavy (non-hydrogen) atoms. The first kappa shape index (κ1) is 13.9. The molecule has 0 aliphatic carbocycles. The Morgan fingerprint density at radius 3 is 2.76 bits per heavy atom. The zero-order chi connectivity index (χ0) is 14.8. The lowest BCUT2D eigenvalue weighted by Gasteiger charge is -2.12. The zero-order valence-corrected chi connectivity index (χ0v) is 12.3. The summed E-state index contributed by atoms with van der Waals surface area (Å²) in [6, 6.07) is 12.5. The van der Waals surface area contributed by atoms with Crippen molar-refractivity contribution in [1.29, 1.82) is 0 Å². The summed E-state index contributed by atoms with van der Waals surface area (Å²) in [6.45, 7) is 0. The molecule has 0 bridgehead atoms. The van der Waals surface area contributed by atoms with Crippen LogP contribution in [0.4, 0.5) is 5.69 Å². The minimum Gasteiger partial charge on any atom is -0.871 e. The third-order valence-electron chi connectivity index (χ3n) is 2.99. The first-order chi connectivity index (χ1) is 10.1. The molecular formula is C16H9Cl2N2O-. The SMILES string of the molecule is [O-]c1c(Cl)cc(Cl)cc1C=Nc1cccc2cccnc12. The van der Waals surface area contributed by atoms with E-state index in [0.717, 1.165) is 10.9 Å². The van der Waals surface area contributed by atoms with Crippen molar-refractivity contribution >= 4 is 46.0 Å². The number of rotatable bonds is 2. The molecule has 0 fully saturated rings. The van der Waals surface area contributed by atoms with E-state index in [0.29, 0.717) is 16.3 Å². The molecule has 0 spiro atoms. The van der Waals surface area contributed by atoms with Crippen LogP contribution < -0.4 is 5.11 Å². The predicted molar refractivity (Wildman–Crippen MR) is 84.9 cm³/mol. The highest BCUT2D eigenvalue weighted by molar-refractivity contribution is 6.36. The number of aliphatic imine (C=N–C) groups is 1. The second-order valence-electron chi connectivity index (χ2n) is 4.42. The summed E-state index contributed by atoms with van der Waals surface area (Å²) >= 11 is 11.7. The van der Waals surface area contributed by atoms with Gasteiger partial charge in [0.05, 0.1) is 11.2 Å². The Morgan fingerprint density at radius 1 is 1.10 bits per heavy atom. The van der Waals surface area contributed by atoms with E-state index in [4.69, 9.17) is 23.2 Å². The van der Waals surface area contributed by atoms with Crippen LogP contribution in [0, 0.1) is 0 Å². The highest BCUT2D eigenvalue weighted by Gasteiger charge is 2.01. The van der Waals surface area contributed by atoms with E-state index in [9.17, 15) is 5.11 Å². The first-order valence-corrected chi connectivity index (χ1v) is 6.94. The van der Waals surface area contributed by atoms with Gasteiger partial charge in [0.15, 0.2) is 0 Å². The van der Waals surface area contributed by atoms with Crippen LogP contribution in [0.1, 0.15) is 5.56 Å². The number of nitrogens with zero attached hydrogens (tertiary/aromatic N) is 2. The van der Waals surface area contributed by atoms with Crippen LogP contribution in [0.15, 0.2) is 53.7 Å². The van der Waals surface area contributed by atoms with Gasteiger partial charge in [-0.1, -0.05) is 47.2 Å². The van der Waals surface area contributed by atoms with E-state index < -0.39 is 0 Å². The maximum atomic E-state index is 11.9. The molecule has 0 aliphatic rings. The minimum absolute atomic E-state index is 0.0833. The van der Waals surface area contributed by atoms with E-state index in [-0.39, 0.29) is 10.8 Å². The van der Waals surface area contributed by atoms with Gasteiger partial charge in [0.1, 0.15) is 0 Å². The Hall–Kier alpha value is -2.10. The number of aromatic nitrogens is 1. The normalized spacial score (nSPS) is 11.3. The van der Waals surface area contributed by atoms with Crippen LogP contribution >= 0.6 is 23.2 Å². The van der Waals surface area contributed by atoms with Gasteiger partial charge in [-0.25, -0.2) is 0 Å². The Labute approximate surface area is 131 Å². The molecule has 0 unspecified atom stereocenters. The number of hydrogen-bond donors (Lipinski definition) is 0. The van der Waals surface area contributed by atoms with E-state index in [1.165, 1.54) is 18.3 Å². The lowest BCUT2D eigenvalue weighted by molar-refractivity contribution is -0.268. The van der Waals surface area contributed by atoms with Gasteiger partial charge in [0, 0.05) is 27.8 Å². The van der Waals surface area contributed by atoms with Crippen molar-refractivity contribution in [1.82, 2.24) is 4.98 Å². The topological polar surface area (TPSA) is 48.3 Å². The molecule has 0 radical (unpaired) electrons. The Kier molecular flexibility index (Phi) is 3.78. The number of benzene rings is 2. The maximum absolute atomic E-state index is 11.9. The molecule has 5 heteroatoms. The van der Waals surface area contributed by atoms with Gasteiger partial charge < -0.3 is 5.11 Å². The van der Waals surface area contributed by atoms with Crippen LogP contribution in [0.25, 0.3) is 10.9 Å². The predicted octanol–water partition coefficient (Wildman–Crippen LogP) is 4.37. The number of halogens is 2. The minimum atomic E-state index is -0.294. The quantitative estimate of drug-likeness (QED) is 0.659. The van der Waals surface area contributed by atoms with Crippen molar-refractivity contribution in [3.8, 4) is 5.75 Å². The molecule has 3 nitrogen and oxygen atoms in total. The molecular weight excluding hydrogens is 307 g/mol. The monoisotopic (exact) mass is 315 g/mol. The van der Waals surface area contributed by atoms with Crippen molar-refractivity contribution < 1.29 is 5.11 Å². The van der Waals surface area contributed by atoms with Gasteiger partial charge in [-0.3, -0.25) is 9.98 Å². The average Bonchev–Trinajstić information content (AvgIpc) is 2.49. The molecule has 0 saturated carbocycles. The van der Waals surface area contributed by atoms with Crippen molar-refractivity contribution in [2.75, 3.05) is 0 Å². The third-order valence-corrected chi connectivity index (χ3v) is 3.49. The second-order valence-corrected chi connectivity index (χ2v) is 5.26. The van der Waals surface area contributed by atoms with Gasteiger partial charge >= 0.3 is 0 Å². The van der Waals surface area contributed by atoms with E-state index in [1.54, 1.807) is 6.20 Å². The highest BCUT2D eigenvalue weighted by atomic mass is 35.5. The standard InChI is InChI=1S/C16H10Cl2N2O/c17-12-7-11(16(21)13(18)8-12)9-20-14-5-1-3-10-4-2-6-19-15(10)14/h1-9,21H/p-1. The van der Waals surface area contributed by atoms with E-state index in [1.807, 2.05) is 30.3 Å². The number of hydrogen-bond acceptors (Lipinski definition) is 3. The van der Waals surface area contributed by atoms with Crippen LogP contribution in [0.3, 0.4) is 0 Å². The van der Waals surface area contributed by atoms with Gasteiger partial charge in [0.2, 0.25) is 0 Å². The summed E-state index contributed by atoms with van der Waals surface area (Å²) in [7, 11) is 0. The van der Waals surface area contributed by atoms with Crippen molar-refractivity contribution in [3.63, 3.8) is 0 Å². The molecule has 0 amide bonds. The van der Waals surface area contributed by atoms with Crippen LogP contribution in [-0.2, 0) is 0 Å². The maximum Gasteiger partial charge on any atom is 0.0958 e. The van der Waals surface area contributed by atoms with Crippen LogP contribution in [0.5, 0.6) is 5.75 Å². The summed E-state index contributed by atoms with van der Waals surface area (Å²) in [6.07, 6.45) is 3.17. The van der Waals surface area contributed by atoms with Crippen LogP contribution in [-0.4, -0.2) is 11.2 Å². The summed E-state index contributed by atoms with van der Waals surface area (Å²) in [5.74, 6) is -0.294. The molecule has 0 atom stereocenters. The fourth-order valence-electron chi connectivity index (χ4n) is 2.01. The fraction of sp³-hybridized carbons (Fsp3) is 0. The average molecular weight is 316 g/mol. The largest absolute Gasteiger partial charge is 0.871 e. The Balaban J connectivity index is 2.06. The number of para-hydroxylation sites is 1. The zero-order valence-electron chi connectivity index (χ0n) is 10.8. The van der Waals surface area contributed by atoms with Gasteiger partial charge in [-0.15, -0.1) is 0 Å². The Bertz CT molecular complexity index is 842. The lowest BCUT2D eigenvalue weighted by atomic mass is 10.2. The highest BCUT2D eigenvalue weighted by Crippen LogP contribution is 2.29. The summed E-state index contributed by atoms with van der Waals surface area (Å²) in [5.41, 5.74) is 1.81. The molecule has 3 rings (SSSR count). The van der Waals surface area contributed by atoms with Gasteiger partial charge in [0.25, 0.3) is 0 Å². The molecule has 1 aromatic heterocycles. The molecule has 0 aliphatic heterocycles. The van der Waals surface area contributed by atoms with Crippen molar-refractivity contribution in [2.24, 2.45) is 4.99 Å². The lowest BCUT2D eigenvalue weighted by Crippen LogP contribution is -1.97. The molecule has 3 aromatic rings. The van der Waals surface area contributed by atoms with Crippen molar-refractivity contribution in [2.45, 2.75) is 0 Å². The number of pyridine rings is 1. The molecule has 0 N–H and O–H groups in total. The van der Waals surface area contributed by atoms with Gasteiger partial charge in [-0.05, 0) is 29.8 Å². The molecule has 0 saturated heterocycles. The van der Waals surface area contributed by atoms with E-state index >= 15 is 0 Å². The number of fused-ring (bicyclic) bond motifs is 1. The Morgan fingerprint density at radius 2 is 1.90 bits per heavy atom. The molecule has 2 aromatic carbocycles. The molecule has 1 heterocycles. The van der Waals surface area contributed by atoms with Crippen molar-refractivity contribution in [3.05, 3.63) is 64.3 Å². The summed E-state index contributed by atoms with van der Waals surface area (Å²) < 4.78 is 0.